The average Bonchev–Trinajstić information content (AvgIpc) is 2.79. The molecule has 0 aliphatic heterocycles. The molecule has 0 saturated heterocycles. The molecule has 0 amide bonds. The number of aromatic hydroxyl groups is 3. The number of aromatic nitrogens is 1. The van der Waals surface area contributed by atoms with Crippen molar-refractivity contribution in [2.45, 2.75) is 6.42 Å². The van der Waals surface area contributed by atoms with E-state index < -0.39 is 5.75 Å². The van der Waals surface area contributed by atoms with Gasteiger partial charge in [-0.3, -0.25) is 0 Å². The summed E-state index contributed by atoms with van der Waals surface area (Å²) in [7, 11) is 0. The molecule has 0 unspecified atom stereocenters. The van der Waals surface area contributed by atoms with Crippen LogP contribution < -0.4 is 0 Å². The Morgan fingerprint density at radius 1 is 0.947 bits per heavy atom. The van der Waals surface area contributed by atoms with Crippen LogP contribution in [0.3, 0.4) is 0 Å². The van der Waals surface area contributed by atoms with Crippen LogP contribution in [0.15, 0.2) is 42.6 Å². The topological polar surface area (TPSA) is 76.5 Å². The molecule has 0 fully saturated rings. The highest BCUT2D eigenvalue weighted by molar-refractivity contribution is 5.83. The number of para-hydroxylation sites is 1. The summed E-state index contributed by atoms with van der Waals surface area (Å²) < 4.78 is 0. The molecule has 4 heteroatoms. The van der Waals surface area contributed by atoms with Gasteiger partial charge in [0, 0.05) is 17.1 Å². The van der Waals surface area contributed by atoms with Crippen LogP contribution in [0.4, 0.5) is 0 Å². The quantitative estimate of drug-likeness (QED) is 0.532. The van der Waals surface area contributed by atoms with Gasteiger partial charge in [0.25, 0.3) is 0 Å². The Labute approximate surface area is 109 Å². The smallest absolute Gasteiger partial charge is 0.200 e. The van der Waals surface area contributed by atoms with Crippen molar-refractivity contribution in [3.63, 3.8) is 0 Å². The number of fused-ring (bicyclic) bond motifs is 1. The van der Waals surface area contributed by atoms with E-state index in [1.807, 2.05) is 30.5 Å². The molecule has 96 valence electrons. The van der Waals surface area contributed by atoms with Crippen LogP contribution >= 0.6 is 0 Å². The maximum atomic E-state index is 9.51. The molecule has 19 heavy (non-hydrogen) atoms. The Bertz CT molecular complexity index is 723. The van der Waals surface area contributed by atoms with Crippen LogP contribution in [-0.2, 0) is 6.42 Å². The summed E-state index contributed by atoms with van der Waals surface area (Å²) >= 11 is 0. The molecule has 0 spiro atoms. The van der Waals surface area contributed by atoms with Crippen molar-refractivity contribution in [1.29, 1.82) is 0 Å². The molecule has 0 bridgehead atoms. The van der Waals surface area contributed by atoms with Gasteiger partial charge < -0.3 is 20.3 Å². The SMILES string of the molecule is Oc1cc(Cc2c[nH]c3ccccc23)cc(O)c1O. The molecule has 0 aliphatic carbocycles. The van der Waals surface area contributed by atoms with E-state index in [9.17, 15) is 15.3 Å². The molecule has 1 aromatic heterocycles. The van der Waals surface area contributed by atoms with Crippen LogP contribution in [0.1, 0.15) is 11.1 Å². The molecule has 4 nitrogen and oxygen atoms in total. The molecule has 2 aromatic carbocycles. The standard InChI is InChI=1S/C15H13NO3/c17-13-6-9(7-14(18)15(13)19)5-10-8-16-12-4-2-1-3-11(10)12/h1-4,6-8,16-19H,5H2. The molecule has 0 atom stereocenters. The van der Waals surface area contributed by atoms with E-state index in [4.69, 9.17) is 0 Å². The van der Waals surface area contributed by atoms with E-state index in [1.165, 1.54) is 12.1 Å². The average molecular weight is 255 g/mol. The van der Waals surface area contributed by atoms with E-state index >= 15 is 0 Å². The van der Waals surface area contributed by atoms with Crippen molar-refractivity contribution < 1.29 is 15.3 Å². The number of nitrogens with one attached hydrogen (secondary N) is 1. The van der Waals surface area contributed by atoms with Gasteiger partial charge in [-0.2, -0.15) is 0 Å². The number of hydrogen-bond donors (Lipinski definition) is 4. The predicted molar refractivity (Wildman–Crippen MR) is 72.5 cm³/mol. The third-order valence-electron chi connectivity index (χ3n) is 3.20. The van der Waals surface area contributed by atoms with Gasteiger partial charge >= 0.3 is 0 Å². The lowest BCUT2D eigenvalue weighted by atomic mass is 10.0. The minimum Gasteiger partial charge on any atom is -0.504 e. The zero-order valence-electron chi connectivity index (χ0n) is 10.1. The van der Waals surface area contributed by atoms with Crippen molar-refractivity contribution in [3.05, 3.63) is 53.7 Å². The van der Waals surface area contributed by atoms with Crippen molar-refractivity contribution in [2.24, 2.45) is 0 Å². The van der Waals surface area contributed by atoms with E-state index in [0.717, 1.165) is 22.0 Å². The van der Waals surface area contributed by atoms with Crippen molar-refractivity contribution in [1.82, 2.24) is 4.98 Å². The molecular weight excluding hydrogens is 242 g/mol. The molecule has 0 saturated carbocycles. The van der Waals surface area contributed by atoms with Crippen LogP contribution in [0.2, 0.25) is 0 Å². The second-order valence-electron chi connectivity index (χ2n) is 4.52. The van der Waals surface area contributed by atoms with Crippen LogP contribution in [0.5, 0.6) is 17.2 Å². The van der Waals surface area contributed by atoms with Gasteiger partial charge in [0.1, 0.15) is 0 Å². The number of hydrogen-bond acceptors (Lipinski definition) is 3. The van der Waals surface area contributed by atoms with E-state index in [2.05, 4.69) is 4.98 Å². The first kappa shape index (κ1) is 11.5. The first-order valence-electron chi connectivity index (χ1n) is 5.94. The van der Waals surface area contributed by atoms with Crippen molar-refractivity contribution in [2.75, 3.05) is 0 Å². The Balaban J connectivity index is 2.01. The van der Waals surface area contributed by atoms with Gasteiger partial charge in [-0.05, 0) is 35.7 Å². The highest BCUT2D eigenvalue weighted by Gasteiger charge is 2.10. The molecule has 0 aliphatic rings. The van der Waals surface area contributed by atoms with Gasteiger partial charge in [0.2, 0.25) is 0 Å². The molecule has 4 N–H and O–H groups in total. The van der Waals surface area contributed by atoms with E-state index in [0.29, 0.717) is 6.42 Å². The van der Waals surface area contributed by atoms with Crippen LogP contribution in [0, 0.1) is 0 Å². The van der Waals surface area contributed by atoms with Gasteiger partial charge in [-0.15, -0.1) is 0 Å². The minimum absolute atomic E-state index is 0.310. The maximum absolute atomic E-state index is 9.51. The fourth-order valence-electron chi connectivity index (χ4n) is 2.26. The normalized spacial score (nSPS) is 10.9. The number of benzene rings is 2. The Kier molecular flexibility index (Phi) is 2.56. The summed E-state index contributed by atoms with van der Waals surface area (Å²) in [6.07, 6.45) is 2.47. The summed E-state index contributed by atoms with van der Waals surface area (Å²) in [6.45, 7) is 0. The van der Waals surface area contributed by atoms with Gasteiger partial charge in [-0.25, -0.2) is 0 Å². The summed E-state index contributed by atoms with van der Waals surface area (Å²) in [5, 5.41) is 29.4. The summed E-state index contributed by atoms with van der Waals surface area (Å²) in [4.78, 5) is 3.17. The molecule has 3 rings (SSSR count). The predicted octanol–water partition coefficient (Wildman–Crippen LogP) is 2.88. The summed E-state index contributed by atoms with van der Waals surface area (Å²) in [5.74, 6) is -1.10. The molecular formula is C15H13NO3. The zero-order valence-corrected chi connectivity index (χ0v) is 10.1. The number of aromatic amines is 1. The number of phenolic OH excluding ortho intramolecular Hbond substituents is 3. The van der Waals surface area contributed by atoms with Crippen LogP contribution in [0.25, 0.3) is 10.9 Å². The molecule has 0 radical (unpaired) electrons. The maximum Gasteiger partial charge on any atom is 0.200 e. The molecule has 3 aromatic rings. The minimum atomic E-state index is -0.484. The Morgan fingerprint density at radius 3 is 2.37 bits per heavy atom. The van der Waals surface area contributed by atoms with Crippen molar-refractivity contribution >= 4 is 10.9 Å². The second kappa shape index (κ2) is 4.24. The molecule has 1 heterocycles. The van der Waals surface area contributed by atoms with Gasteiger partial charge in [-0.1, -0.05) is 18.2 Å². The van der Waals surface area contributed by atoms with Crippen molar-refractivity contribution in [3.8, 4) is 17.2 Å². The summed E-state index contributed by atoms with van der Waals surface area (Å²) in [6, 6.07) is 10.8. The highest BCUT2D eigenvalue weighted by atomic mass is 16.3. The fraction of sp³-hybridized carbons (Fsp3) is 0.0667. The highest BCUT2D eigenvalue weighted by Crippen LogP contribution is 2.36. The van der Waals surface area contributed by atoms with Gasteiger partial charge in [0.05, 0.1) is 0 Å². The zero-order chi connectivity index (χ0) is 13.4. The lowest BCUT2D eigenvalue weighted by Gasteiger charge is -2.05. The second-order valence-corrected chi connectivity index (χ2v) is 4.52. The monoisotopic (exact) mass is 255 g/mol. The van der Waals surface area contributed by atoms with E-state index in [-0.39, 0.29) is 11.5 Å². The number of rotatable bonds is 2. The van der Waals surface area contributed by atoms with E-state index in [1.54, 1.807) is 0 Å². The fourth-order valence-corrected chi connectivity index (χ4v) is 2.26. The third-order valence-corrected chi connectivity index (χ3v) is 3.20. The number of phenols is 3. The number of H-pyrrole nitrogens is 1. The van der Waals surface area contributed by atoms with Gasteiger partial charge in [0.15, 0.2) is 17.2 Å². The largest absolute Gasteiger partial charge is 0.504 e. The third kappa shape index (κ3) is 1.97. The van der Waals surface area contributed by atoms with Crippen LogP contribution in [-0.4, -0.2) is 20.3 Å². The first-order chi connectivity index (χ1) is 9.15. The lowest BCUT2D eigenvalue weighted by Crippen LogP contribution is -1.87. The Hall–Kier alpha value is -2.62. The lowest BCUT2D eigenvalue weighted by molar-refractivity contribution is 0.367. The first-order valence-corrected chi connectivity index (χ1v) is 5.94. The Morgan fingerprint density at radius 2 is 1.63 bits per heavy atom. The summed E-state index contributed by atoms with van der Waals surface area (Å²) in [5.41, 5.74) is 2.85.